The molecule has 4 aromatic rings. The normalized spacial score (nSPS) is 14.7. The van der Waals surface area contributed by atoms with Gasteiger partial charge in [-0.05, 0) is 48.4 Å². The first-order valence-electron chi connectivity index (χ1n) is 13.7. The van der Waals surface area contributed by atoms with Gasteiger partial charge in [-0.2, -0.15) is 9.82 Å². The Balaban J connectivity index is 1.20. The molecule has 0 aliphatic carbocycles. The number of nitrogens with one attached hydrogen (secondary N) is 5. The number of carboxylic acid groups (broad SMARTS) is 1. The minimum atomic E-state index is -4.17. The fourth-order valence-corrected chi connectivity index (χ4v) is 5.98. The van der Waals surface area contributed by atoms with Gasteiger partial charge in [0.25, 0.3) is 5.91 Å². The van der Waals surface area contributed by atoms with Gasteiger partial charge in [0.2, 0.25) is 10.0 Å². The van der Waals surface area contributed by atoms with Gasteiger partial charge in [-0.3, -0.25) is 30.2 Å². The quantitative estimate of drug-likeness (QED) is 0.126. The molecule has 0 saturated carbocycles. The van der Waals surface area contributed by atoms with E-state index in [-0.39, 0.29) is 11.2 Å². The fraction of sp³-hybridized carbons (Fsp3) is 0.276. The summed E-state index contributed by atoms with van der Waals surface area (Å²) in [6, 6.07) is 19.2. The van der Waals surface area contributed by atoms with Crippen molar-refractivity contribution in [1.82, 2.24) is 35.8 Å². The molecule has 1 fully saturated rings. The van der Waals surface area contributed by atoms with E-state index in [1.165, 1.54) is 12.1 Å². The lowest BCUT2D eigenvalue weighted by atomic mass is 10.1. The van der Waals surface area contributed by atoms with Crippen molar-refractivity contribution in [2.24, 2.45) is 0 Å². The zero-order valence-corrected chi connectivity index (χ0v) is 23.6. The molecule has 1 atom stereocenters. The molecule has 12 nitrogen and oxygen atoms in total. The molecule has 2 heterocycles. The Hall–Kier alpha value is -4.14. The number of carbonyl (C=O) groups is 2. The number of benzene rings is 3. The van der Waals surface area contributed by atoms with E-state index in [4.69, 9.17) is 0 Å². The molecule has 6 N–H and O–H groups in total. The van der Waals surface area contributed by atoms with Crippen LogP contribution in [0.15, 0.2) is 83.9 Å². The molecule has 5 rings (SSSR count). The molecule has 13 heteroatoms. The molecule has 1 unspecified atom stereocenters. The molecule has 3 aromatic carbocycles. The van der Waals surface area contributed by atoms with Crippen molar-refractivity contribution in [3.8, 4) is 11.1 Å². The van der Waals surface area contributed by atoms with Crippen molar-refractivity contribution < 1.29 is 23.1 Å². The van der Waals surface area contributed by atoms with Crippen LogP contribution in [0.1, 0.15) is 16.8 Å². The third-order valence-electron chi connectivity index (χ3n) is 6.98. The summed E-state index contributed by atoms with van der Waals surface area (Å²) in [5, 5.41) is 27.3. The molecule has 0 spiro atoms. The number of rotatable bonds is 13. The van der Waals surface area contributed by atoms with E-state index in [9.17, 15) is 23.1 Å². The van der Waals surface area contributed by atoms with Crippen molar-refractivity contribution in [2.45, 2.75) is 30.2 Å². The number of nitrogens with zero attached hydrogens (tertiary/aromatic N) is 2. The van der Waals surface area contributed by atoms with E-state index < -0.39 is 34.5 Å². The molecular formula is C29H33N7O5S. The number of aromatic nitrogens is 2. The Kier molecular flexibility index (Phi) is 9.25. The van der Waals surface area contributed by atoms with Crippen LogP contribution in [0.4, 0.5) is 0 Å². The number of hydrogen-bond acceptors (Lipinski definition) is 8. The van der Waals surface area contributed by atoms with E-state index in [1.54, 1.807) is 30.5 Å². The molecule has 1 aliphatic heterocycles. The lowest BCUT2D eigenvalue weighted by Crippen LogP contribution is -2.48. The van der Waals surface area contributed by atoms with Crippen LogP contribution in [0.5, 0.6) is 0 Å². The Morgan fingerprint density at radius 3 is 2.40 bits per heavy atom. The van der Waals surface area contributed by atoms with E-state index in [1.807, 2.05) is 41.1 Å². The topological polar surface area (TPSA) is 166 Å². The molecular weight excluding hydrogens is 558 g/mol. The van der Waals surface area contributed by atoms with Gasteiger partial charge < -0.3 is 10.4 Å². The fourth-order valence-electron chi connectivity index (χ4n) is 4.79. The first kappa shape index (κ1) is 29.4. The van der Waals surface area contributed by atoms with Crippen LogP contribution in [-0.2, 0) is 21.4 Å². The van der Waals surface area contributed by atoms with Crippen molar-refractivity contribution >= 4 is 32.8 Å². The van der Waals surface area contributed by atoms with Crippen LogP contribution in [0.2, 0.25) is 0 Å². The van der Waals surface area contributed by atoms with Crippen molar-refractivity contribution in [1.29, 1.82) is 0 Å². The zero-order valence-electron chi connectivity index (χ0n) is 22.8. The Morgan fingerprint density at radius 2 is 1.69 bits per heavy atom. The van der Waals surface area contributed by atoms with Gasteiger partial charge in [-0.15, -0.1) is 0 Å². The second kappa shape index (κ2) is 13.2. The zero-order chi connectivity index (χ0) is 29.5. The minimum Gasteiger partial charge on any atom is -0.480 e. The maximum absolute atomic E-state index is 13.1. The number of carbonyl (C=O) groups excluding carboxylic acids is 1. The lowest BCUT2D eigenvalue weighted by Gasteiger charge is -2.16. The summed E-state index contributed by atoms with van der Waals surface area (Å²) < 4.78 is 29.9. The number of carboxylic acids is 1. The molecule has 1 amide bonds. The predicted octanol–water partition coefficient (Wildman–Crippen LogP) is 1.32. The van der Waals surface area contributed by atoms with E-state index >= 15 is 0 Å². The molecule has 0 bridgehead atoms. The highest BCUT2D eigenvalue weighted by atomic mass is 32.2. The summed E-state index contributed by atoms with van der Waals surface area (Å²) in [5.41, 5.74) is 2.84. The molecule has 1 aromatic heterocycles. The van der Waals surface area contributed by atoms with Gasteiger partial charge in [0.1, 0.15) is 12.3 Å². The molecule has 0 radical (unpaired) electrons. The minimum absolute atomic E-state index is 0.0806. The number of hydrogen-bond donors (Lipinski definition) is 6. The summed E-state index contributed by atoms with van der Waals surface area (Å²) in [6.07, 6.45) is 2.53. The van der Waals surface area contributed by atoms with Gasteiger partial charge in [-0.25, -0.2) is 8.42 Å². The average Bonchev–Trinajstić information content (AvgIpc) is 3.68. The van der Waals surface area contributed by atoms with Crippen LogP contribution < -0.4 is 26.0 Å². The molecule has 42 heavy (non-hydrogen) atoms. The van der Waals surface area contributed by atoms with E-state index in [0.29, 0.717) is 17.5 Å². The highest BCUT2D eigenvalue weighted by molar-refractivity contribution is 7.89. The molecule has 1 saturated heterocycles. The Bertz CT molecular complexity index is 1640. The Morgan fingerprint density at radius 1 is 0.976 bits per heavy atom. The molecule has 220 valence electrons. The van der Waals surface area contributed by atoms with Gasteiger partial charge >= 0.3 is 5.97 Å². The van der Waals surface area contributed by atoms with Crippen LogP contribution in [0, 0.1) is 0 Å². The Labute approximate surface area is 243 Å². The van der Waals surface area contributed by atoms with Crippen molar-refractivity contribution in [2.75, 3.05) is 26.2 Å². The first-order chi connectivity index (χ1) is 20.3. The van der Waals surface area contributed by atoms with Crippen LogP contribution >= 0.6 is 0 Å². The summed E-state index contributed by atoms with van der Waals surface area (Å²) in [6.45, 7) is 2.82. The van der Waals surface area contributed by atoms with Gasteiger partial charge in [0.05, 0.1) is 22.2 Å². The summed E-state index contributed by atoms with van der Waals surface area (Å²) in [4.78, 5) is 24.9. The summed E-state index contributed by atoms with van der Waals surface area (Å²) in [5.74, 6) is -1.94. The number of aryl methyl sites for hydroxylation is 1. The lowest BCUT2D eigenvalue weighted by molar-refractivity contribution is -0.138. The van der Waals surface area contributed by atoms with Crippen LogP contribution in [-0.4, -0.2) is 73.7 Å². The van der Waals surface area contributed by atoms with Crippen LogP contribution in [0.3, 0.4) is 0 Å². The second-order valence-electron chi connectivity index (χ2n) is 9.87. The summed E-state index contributed by atoms with van der Waals surface area (Å²) >= 11 is 0. The maximum atomic E-state index is 13.1. The standard InChI is InChI=1S/C29H33N7O5S/c37-27(23-8-4-9-26-24(23)18-34-36(26)17-5-14-30-29-31-15-16-32-29)33-19-25(28(38)39)35-42(40,41)22-12-10-21(11-13-22)20-6-2-1-3-7-20/h1-4,6-13,18,25,29-32,35H,5,14-17,19H2,(H,33,37)(H,38,39). The van der Waals surface area contributed by atoms with Gasteiger partial charge in [0.15, 0.2) is 0 Å². The van der Waals surface area contributed by atoms with Crippen molar-refractivity contribution in [3.63, 3.8) is 0 Å². The highest BCUT2D eigenvalue weighted by Crippen LogP contribution is 2.21. The first-order valence-corrected chi connectivity index (χ1v) is 15.1. The molecule has 1 aliphatic rings. The third kappa shape index (κ3) is 7.01. The van der Waals surface area contributed by atoms with Gasteiger partial charge in [0, 0.05) is 31.6 Å². The number of aliphatic carboxylic acids is 1. The van der Waals surface area contributed by atoms with E-state index in [0.717, 1.165) is 42.7 Å². The largest absolute Gasteiger partial charge is 0.480 e. The number of fused-ring (bicyclic) bond motifs is 1. The third-order valence-corrected chi connectivity index (χ3v) is 8.47. The second-order valence-corrected chi connectivity index (χ2v) is 11.6. The average molecular weight is 592 g/mol. The highest BCUT2D eigenvalue weighted by Gasteiger charge is 2.26. The van der Waals surface area contributed by atoms with Crippen molar-refractivity contribution in [3.05, 3.63) is 84.6 Å². The van der Waals surface area contributed by atoms with Crippen LogP contribution in [0.25, 0.3) is 22.0 Å². The predicted molar refractivity (Wildman–Crippen MR) is 158 cm³/mol. The van der Waals surface area contributed by atoms with Gasteiger partial charge in [-0.1, -0.05) is 48.5 Å². The van der Waals surface area contributed by atoms with E-state index in [2.05, 4.69) is 31.1 Å². The monoisotopic (exact) mass is 591 g/mol. The summed E-state index contributed by atoms with van der Waals surface area (Å²) in [7, 11) is -4.17. The number of sulfonamides is 1. The SMILES string of the molecule is O=C(NCC(NS(=O)(=O)c1ccc(-c2ccccc2)cc1)C(=O)O)c1cccc2c1cnn2CCCNC1NCCN1. The number of amides is 1. The maximum Gasteiger partial charge on any atom is 0.323 e. The smallest absolute Gasteiger partial charge is 0.323 e.